The monoisotopic (exact) mass is 225 g/mol. The third kappa shape index (κ3) is 3.92. The number of rotatable bonds is 6. The molecule has 90 valence electrons. The van der Waals surface area contributed by atoms with Crippen LogP contribution in [0, 0.1) is 0 Å². The number of hydrogen-bond acceptors (Lipinski definition) is 3. The Labute approximate surface area is 95.8 Å². The van der Waals surface area contributed by atoms with Gasteiger partial charge in [-0.1, -0.05) is 26.2 Å². The number of ether oxygens (including phenoxy) is 1. The first kappa shape index (κ1) is 12.5. The van der Waals surface area contributed by atoms with Crippen molar-refractivity contribution in [2.75, 3.05) is 13.7 Å². The van der Waals surface area contributed by atoms with E-state index in [0.29, 0.717) is 12.4 Å². The van der Waals surface area contributed by atoms with Crippen LogP contribution in [0.1, 0.15) is 32.6 Å². The molecule has 1 amide bonds. The van der Waals surface area contributed by atoms with Gasteiger partial charge in [-0.25, -0.2) is 4.79 Å². The van der Waals surface area contributed by atoms with Gasteiger partial charge in [-0.2, -0.15) is 4.68 Å². The molecule has 0 aliphatic rings. The van der Waals surface area contributed by atoms with E-state index >= 15 is 0 Å². The highest BCUT2D eigenvalue weighted by molar-refractivity contribution is 5.75. The van der Waals surface area contributed by atoms with Crippen molar-refractivity contribution in [3.8, 4) is 5.88 Å². The number of methoxy groups -OCH3 is 1. The zero-order valence-electron chi connectivity index (χ0n) is 9.90. The van der Waals surface area contributed by atoms with E-state index in [1.54, 1.807) is 12.3 Å². The summed E-state index contributed by atoms with van der Waals surface area (Å²) in [5, 5.41) is 6.73. The smallest absolute Gasteiger partial charge is 0.342 e. The largest absolute Gasteiger partial charge is 0.480 e. The van der Waals surface area contributed by atoms with Gasteiger partial charge in [0.25, 0.3) is 0 Å². The molecule has 16 heavy (non-hydrogen) atoms. The Morgan fingerprint density at radius 3 is 2.94 bits per heavy atom. The summed E-state index contributed by atoms with van der Waals surface area (Å²) in [5.41, 5.74) is 0. The molecule has 0 radical (unpaired) electrons. The number of hydrogen-bond donors (Lipinski definition) is 1. The van der Waals surface area contributed by atoms with Crippen LogP contribution in [0.5, 0.6) is 5.88 Å². The quantitative estimate of drug-likeness (QED) is 0.754. The van der Waals surface area contributed by atoms with Crippen LogP contribution in [0.4, 0.5) is 4.79 Å². The standard InChI is InChI=1S/C11H19N3O2/c1-3-4-5-6-8-12-11(15)14-9-7-10(13-14)16-2/h7,9H,3-6,8H2,1-2H3,(H,12,15). The zero-order valence-corrected chi connectivity index (χ0v) is 9.90. The van der Waals surface area contributed by atoms with Crippen molar-refractivity contribution >= 4 is 6.03 Å². The molecule has 0 bridgehead atoms. The normalized spacial score (nSPS) is 10.1. The Kier molecular flexibility index (Phi) is 5.39. The number of aromatic nitrogens is 2. The van der Waals surface area contributed by atoms with Crippen LogP contribution in [0.3, 0.4) is 0 Å². The molecule has 0 aliphatic heterocycles. The van der Waals surface area contributed by atoms with Gasteiger partial charge in [0.2, 0.25) is 5.88 Å². The highest BCUT2D eigenvalue weighted by atomic mass is 16.5. The van der Waals surface area contributed by atoms with Gasteiger partial charge in [0, 0.05) is 18.8 Å². The molecule has 1 aromatic heterocycles. The maximum absolute atomic E-state index is 11.5. The number of carbonyl (C=O) groups is 1. The molecular formula is C11H19N3O2. The van der Waals surface area contributed by atoms with Crippen LogP contribution in [-0.4, -0.2) is 29.5 Å². The van der Waals surface area contributed by atoms with E-state index in [2.05, 4.69) is 17.3 Å². The number of nitrogens with zero attached hydrogens (tertiary/aromatic N) is 2. The summed E-state index contributed by atoms with van der Waals surface area (Å²) in [7, 11) is 1.52. The molecule has 0 atom stereocenters. The predicted octanol–water partition coefficient (Wildman–Crippen LogP) is 2.03. The number of nitrogens with one attached hydrogen (secondary N) is 1. The van der Waals surface area contributed by atoms with Crippen LogP contribution in [0.2, 0.25) is 0 Å². The lowest BCUT2D eigenvalue weighted by Crippen LogP contribution is -2.29. The van der Waals surface area contributed by atoms with E-state index in [0.717, 1.165) is 12.8 Å². The second kappa shape index (κ2) is 6.87. The van der Waals surface area contributed by atoms with Crippen molar-refractivity contribution < 1.29 is 9.53 Å². The molecule has 0 saturated heterocycles. The van der Waals surface area contributed by atoms with Gasteiger partial charge >= 0.3 is 6.03 Å². The lowest BCUT2D eigenvalue weighted by atomic mass is 10.2. The molecular weight excluding hydrogens is 206 g/mol. The van der Waals surface area contributed by atoms with E-state index in [1.165, 1.54) is 24.6 Å². The van der Waals surface area contributed by atoms with Crippen molar-refractivity contribution in [3.63, 3.8) is 0 Å². The number of carbonyl (C=O) groups excluding carboxylic acids is 1. The summed E-state index contributed by atoms with van der Waals surface area (Å²) in [6.07, 6.45) is 6.16. The van der Waals surface area contributed by atoms with Crippen molar-refractivity contribution in [1.82, 2.24) is 15.1 Å². The zero-order chi connectivity index (χ0) is 11.8. The van der Waals surface area contributed by atoms with Crippen LogP contribution < -0.4 is 10.1 Å². The summed E-state index contributed by atoms with van der Waals surface area (Å²) in [6.45, 7) is 2.86. The molecule has 0 fully saturated rings. The van der Waals surface area contributed by atoms with Crippen molar-refractivity contribution in [1.29, 1.82) is 0 Å². The predicted molar refractivity (Wildman–Crippen MR) is 61.7 cm³/mol. The molecule has 0 unspecified atom stereocenters. The lowest BCUT2D eigenvalue weighted by molar-refractivity contribution is 0.238. The fraction of sp³-hybridized carbons (Fsp3) is 0.636. The first-order valence-electron chi connectivity index (χ1n) is 5.65. The number of amides is 1. The van der Waals surface area contributed by atoms with Crippen molar-refractivity contribution in [3.05, 3.63) is 12.3 Å². The Hall–Kier alpha value is -1.52. The summed E-state index contributed by atoms with van der Waals surface area (Å²) in [6, 6.07) is 1.44. The maximum Gasteiger partial charge on any atom is 0.342 e. The van der Waals surface area contributed by atoms with Gasteiger partial charge in [0.1, 0.15) is 0 Å². The minimum Gasteiger partial charge on any atom is -0.480 e. The summed E-state index contributed by atoms with van der Waals surface area (Å²) >= 11 is 0. The van der Waals surface area contributed by atoms with Crippen LogP contribution in [0.25, 0.3) is 0 Å². The van der Waals surface area contributed by atoms with Gasteiger partial charge in [-0.15, -0.1) is 5.10 Å². The first-order chi connectivity index (χ1) is 7.77. The van der Waals surface area contributed by atoms with Crippen LogP contribution >= 0.6 is 0 Å². The fourth-order valence-corrected chi connectivity index (χ4v) is 1.36. The highest BCUT2D eigenvalue weighted by Crippen LogP contribution is 2.03. The van der Waals surface area contributed by atoms with E-state index in [-0.39, 0.29) is 6.03 Å². The van der Waals surface area contributed by atoms with Crippen LogP contribution in [0.15, 0.2) is 12.3 Å². The molecule has 1 N–H and O–H groups in total. The van der Waals surface area contributed by atoms with Gasteiger partial charge in [0.15, 0.2) is 0 Å². The summed E-state index contributed by atoms with van der Waals surface area (Å²) < 4.78 is 6.14. The number of unbranched alkanes of at least 4 members (excludes halogenated alkanes) is 3. The van der Waals surface area contributed by atoms with Gasteiger partial charge in [0.05, 0.1) is 7.11 Å². The van der Waals surface area contributed by atoms with Crippen molar-refractivity contribution in [2.45, 2.75) is 32.6 Å². The summed E-state index contributed by atoms with van der Waals surface area (Å²) in [5.74, 6) is 0.445. The fourth-order valence-electron chi connectivity index (χ4n) is 1.36. The molecule has 1 aromatic rings. The highest BCUT2D eigenvalue weighted by Gasteiger charge is 2.05. The Balaban J connectivity index is 2.24. The average molecular weight is 225 g/mol. The second-order valence-electron chi connectivity index (χ2n) is 3.60. The van der Waals surface area contributed by atoms with E-state index in [4.69, 9.17) is 4.74 Å². The van der Waals surface area contributed by atoms with Crippen LogP contribution in [-0.2, 0) is 0 Å². The van der Waals surface area contributed by atoms with Gasteiger partial charge in [-0.3, -0.25) is 0 Å². The molecule has 5 heteroatoms. The minimum absolute atomic E-state index is 0.209. The molecule has 1 rings (SSSR count). The summed E-state index contributed by atoms with van der Waals surface area (Å²) in [4.78, 5) is 11.5. The lowest BCUT2D eigenvalue weighted by Gasteiger charge is -2.03. The Morgan fingerprint density at radius 1 is 1.50 bits per heavy atom. The molecule has 0 aliphatic carbocycles. The van der Waals surface area contributed by atoms with Gasteiger partial charge in [-0.05, 0) is 6.42 Å². The topological polar surface area (TPSA) is 56.2 Å². The first-order valence-corrected chi connectivity index (χ1v) is 5.65. The SMILES string of the molecule is CCCCCCNC(=O)n1ccc(OC)n1. The molecule has 0 spiro atoms. The van der Waals surface area contributed by atoms with Crippen molar-refractivity contribution in [2.24, 2.45) is 0 Å². The van der Waals surface area contributed by atoms with E-state index in [1.807, 2.05) is 0 Å². The minimum atomic E-state index is -0.209. The third-order valence-corrected chi connectivity index (χ3v) is 2.29. The van der Waals surface area contributed by atoms with E-state index in [9.17, 15) is 4.79 Å². The van der Waals surface area contributed by atoms with Gasteiger partial charge < -0.3 is 10.1 Å². The third-order valence-electron chi connectivity index (χ3n) is 2.29. The van der Waals surface area contributed by atoms with E-state index < -0.39 is 0 Å². The Bertz CT molecular complexity index is 323. The molecule has 0 saturated carbocycles. The molecule has 0 aromatic carbocycles. The second-order valence-corrected chi connectivity index (χ2v) is 3.60. The molecule has 5 nitrogen and oxygen atoms in total. The average Bonchev–Trinajstić information content (AvgIpc) is 2.77. The molecule has 1 heterocycles. The Morgan fingerprint density at radius 2 is 2.31 bits per heavy atom. The maximum atomic E-state index is 11.5.